The first-order valence-electron chi connectivity index (χ1n) is 5.76. The van der Waals surface area contributed by atoms with E-state index < -0.39 is 0 Å². The van der Waals surface area contributed by atoms with Crippen LogP contribution in [-0.4, -0.2) is 11.2 Å². The molecule has 1 aromatic rings. The van der Waals surface area contributed by atoms with Gasteiger partial charge >= 0.3 is 0 Å². The molecule has 1 aliphatic carbocycles. The summed E-state index contributed by atoms with van der Waals surface area (Å²) in [6.07, 6.45) is 8.55. The van der Waals surface area contributed by atoms with E-state index in [9.17, 15) is 5.11 Å². The maximum Gasteiger partial charge on any atom is 0.0571 e. The second kappa shape index (κ2) is 5.13. The van der Waals surface area contributed by atoms with Crippen molar-refractivity contribution < 1.29 is 5.11 Å². The van der Waals surface area contributed by atoms with Crippen LogP contribution in [0.5, 0.6) is 0 Å². The van der Waals surface area contributed by atoms with Crippen molar-refractivity contribution in [3.8, 4) is 0 Å². The van der Waals surface area contributed by atoms with Gasteiger partial charge in [0.15, 0.2) is 0 Å². The summed E-state index contributed by atoms with van der Waals surface area (Å²) in [5.74, 6) is 0.607. The summed E-state index contributed by atoms with van der Waals surface area (Å²) in [6.45, 7) is 0. The van der Waals surface area contributed by atoms with Crippen molar-refractivity contribution in [1.82, 2.24) is 0 Å². The predicted octanol–water partition coefficient (Wildman–Crippen LogP) is 3.25. The van der Waals surface area contributed by atoms with E-state index in [2.05, 4.69) is 24.3 Å². The summed E-state index contributed by atoms with van der Waals surface area (Å²) in [7, 11) is 0. The van der Waals surface area contributed by atoms with E-state index in [0.29, 0.717) is 5.92 Å². The number of hydrogen-bond donors (Lipinski definition) is 1. The Balaban J connectivity index is 1.71. The third-order valence-corrected chi connectivity index (χ3v) is 2.91. The molecule has 1 unspecified atom stereocenters. The smallest absolute Gasteiger partial charge is 0.0571 e. The highest BCUT2D eigenvalue weighted by molar-refractivity contribution is 5.48. The van der Waals surface area contributed by atoms with Crippen LogP contribution in [0, 0.1) is 5.92 Å². The number of benzene rings is 1. The van der Waals surface area contributed by atoms with E-state index in [1.807, 2.05) is 18.2 Å². The van der Waals surface area contributed by atoms with Gasteiger partial charge in [-0.15, -0.1) is 0 Å². The van der Waals surface area contributed by atoms with Crippen LogP contribution in [0.15, 0.2) is 36.4 Å². The van der Waals surface area contributed by atoms with Crippen molar-refractivity contribution >= 4 is 6.08 Å². The molecule has 1 heteroatoms. The first kappa shape index (κ1) is 10.4. The number of aliphatic hydroxyl groups is 1. The summed E-state index contributed by atoms with van der Waals surface area (Å²) in [5, 5.41) is 9.65. The Morgan fingerprint density at radius 2 is 2.00 bits per heavy atom. The molecule has 1 aliphatic rings. The van der Waals surface area contributed by atoms with E-state index >= 15 is 0 Å². The van der Waals surface area contributed by atoms with Gasteiger partial charge < -0.3 is 5.11 Å². The van der Waals surface area contributed by atoms with Gasteiger partial charge in [-0.3, -0.25) is 0 Å². The predicted molar refractivity (Wildman–Crippen MR) is 63.4 cm³/mol. The molecule has 1 atom stereocenters. The Labute approximate surface area is 91.4 Å². The molecular formula is C14H18O. The normalized spacial score (nSPS) is 18.2. The van der Waals surface area contributed by atoms with Crippen LogP contribution in [0.2, 0.25) is 0 Å². The molecule has 1 nitrogen and oxygen atoms in total. The summed E-state index contributed by atoms with van der Waals surface area (Å²) in [4.78, 5) is 0. The number of allylic oxidation sites excluding steroid dienone is 1. The van der Waals surface area contributed by atoms with Crippen LogP contribution >= 0.6 is 0 Å². The monoisotopic (exact) mass is 202 g/mol. The van der Waals surface area contributed by atoms with Crippen molar-refractivity contribution in [3.63, 3.8) is 0 Å². The fourth-order valence-corrected chi connectivity index (χ4v) is 1.77. The Morgan fingerprint density at radius 1 is 1.27 bits per heavy atom. The standard InChI is InChI=1S/C14H18O/c15-14(13-10-11-13)9-5-4-8-12-6-2-1-3-7-12/h1-4,6-8,13-15H,5,9-11H2. The number of rotatable bonds is 5. The molecule has 0 spiro atoms. The van der Waals surface area contributed by atoms with Gasteiger partial charge in [0.2, 0.25) is 0 Å². The Kier molecular flexibility index (Phi) is 3.57. The quantitative estimate of drug-likeness (QED) is 0.777. The van der Waals surface area contributed by atoms with Crippen LogP contribution < -0.4 is 0 Å². The summed E-state index contributed by atoms with van der Waals surface area (Å²) in [6, 6.07) is 10.3. The number of hydrogen-bond acceptors (Lipinski definition) is 1. The highest BCUT2D eigenvalue weighted by Gasteiger charge is 2.28. The average molecular weight is 202 g/mol. The third kappa shape index (κ3) is 3.52. The molecule has 0 amide bonds. The molecule has 0 heterocycles. The topological polar surface area (TPSA) is 20.2 Å². The van der Waals surface area contributed by atoms with Crippen LogP contribution in [0.3, 0.4) is 0 Å². The fourth-order valence-electron chi connectivity index (χ4n) is 1.77. The van der Waals surface area contributed by atoms with E-state index in [0.717, 1.165) is 12.8 Å². The highest BCUT2D eigenvalue weighted by atomic mass is 16.3. The van der Waals surface area contributed by atoms with Gasteiger partial charge in [-0.25, -0.2) is 0 Å². The molecule has 0 aromatic heterocycles. The van der Waals surface area contributed by atoms with Gasteiger partial charge in [0.1, 0.15) is 0 Å². The minimum absolute atomic E-state index is 0.0644. The molecule has 0 bridgehead atoms. The minimum atomic E-state index is -0.0644. The lowest BCUT2D eigenvalue weighted by Crippen LogP contribution is -2.07. The first-order valence-corrected chi connectivity index (χ1v) is 5.76. The van der Waals surface area contributed by atoms with E-state index in [-0.39, 0.29) is 6.10 Å². The van der Waals surface area contributed by atoms with E-state index in [4.69, 9.17) is 0 Å². The second-order valence-electron chi connectivity index (χ2n) is 4.30. The fraction of sp³-hybridized carbons (Fsp3) is 0.429. The van der Waals surface area contributed by atoms with E-state index in [1.54, 1.807) is 0 Å². The van der Waals surface area contributed by atoms with Gasteiger partial charge in [0.05, 0.1) is 6.10 Å². The zero-order chi connectivity index (χ0) is 10.5. The molecule has 15 heavy (non-hydrogen) atoms. The zero-order valence-corrected chi connectivity index (χ0v) is 8.97. The SMILES string of the molecule is OC(CCC=Cc1ccccc1)C1CC1. The van der Waals surface area contributed by atoms with Crippen molar-refractivity contribution in [3.05, 3.63) is 42.0 Å². The molecule has 1 aromatic carbocycles. The largest absolute Gasteiger partial charge is 0.393 e. The lowest BCUT2D eigenvalue weighted by Gasteiger charge is -2.05. The molecule has 80 valence electrons. The zero-order valence-electron chi connectivity index (χ0n) is 8.97. The maximum atomic E-state index is 9.65. The van der Waals surface area contributed by atoms with Crippen LogP contribution in [0.25, 0.3) is 6.08 Å². The summed E-state index contributed by atoms with van der Waals surface area (Å²) < 4.78 is 0. The maximum absolute atomic E-state index is 9.65. The highest BCUT2D eigenvalue weighted by Crippen LogP contribution is 2.34. The van der Waals surface area contributed by atoms with Gasteiger partial charge in [0.25, 0.3) is 0 Å². The van der Waals surface area contributed by atoms with Crippen molar-refractivity contribution in [2.75, 3.05) is 0 Å². The second-order valence-corrected chi connectivity index (χ2v) is 4.30. The van der Waals surface area contributed by atoms with Crippen molar-refractivity contribution in [1.29, 1.82) is 0 Å². The molecule has 0 radical (unpaired) electrons. The lowest BCUT2D eigenvalue weighted by atomic mass is 10.1. The molecule has 0 aliphatic heterocycles. The van der Waals surface area contributed by atoms with E-state index in [1.165, 1.54) is 18.4 Å². The molecular weight excluding hydrogens is 184 g/mol. The molecule has 1 fully saturated rings. The Morgan fingerprint density at radius 3 is 2.67 bits per heavy atom. The summed E-state index contributed by atoms with van der Waals surface area (Å²) >= 11 is 0. The number of aliphatic hydroxyl groups excluding tert-OH is 1. The first-order chi connectivity index (χ1) is 7.36. The molecule has 0 saturated heterocycles. The van der Waals surface area contributed by atoms with Gasteiger partial charge in [-0.05, 0) is 37.2 Å². The van der Waals surface area contributed by atoms with Gasteiger partial charge in [0, 0.05) is 0 Å². The van der Waals surface area contributed by atoms with Crippen LogP contribution in [0.4, 0.5) is 0 Å². The summed E-state index contributed by atoms with van der Waals surface area (Å²) in [5.41, 5.74) is 1.23. The lowest BCUT2D eigenvalue weighted by molar-refractivity contribution is 0.143. The minimum Gasteiger partial charge on any atom is -0.393 e. The molecule has 1 saturated carbocycles. The van der Waals surface area contributed by atoms with Crippen LogP contribution in [0.1, 0.15) is 31.2 Å². The van der Waals surface area contributed by atoms with Crippen molar-refractivity contribution in [2.45, 2.75) is 31.8 Å². The Hall–Kier alpha value is -1.08. The van der Waals surface area contributed by atoms with Crippen LogP contribution in [-0.2, 0) is 0 Å². The average Bonchev–Trinajstić information content (AvgIpc) is 3.09. The van der Waals surface area contributed by atoms with Gasteiger partial charge in [-0.2, -0.15) is 0 Å². The Bertz CT molecular complexity index is 311. The molecule has 2 rings (SSSR count). The van der Waals surface area contributed by atoms with Gasteiger partial charge in [-0.1, -0.05) is 42.5 Å². The molecule has 1 N–H and O–H groups in total. The van der Waals surface area contributed by atoms with Crippen molar-refractivity contribution in [2.24, 2.45) is 5.92 Å². The third-order valence-electron chi connectivity index (χ3n) is 2.91.